The Morgan fingerprint density at radius 3 is 2.45 bits per heavy atom. The lowest BCUT2D eigenvalue weighted by Gasteiger charge is -2.29. The molecule has 9 heteroatoms. The second-order valence-electron chi connectivity index (χ2n) is 10.8. The lowest BCUT2D eigenvalue weighted by Crippen LogP contribution is -2.37. The summed E-state index contributed by atoms with van der Waals surface area (Å²) in [5, 5.41) is 17.3. The zero-order valence-corrected chi connectivity index (χ0v) is 26.5. The second kappa shape index (κ2) is 15.2. The molecule has 0 aliphatic rings. The van der Waals surface area contributed by atoms with E-state index >= 15 is 0 Å². The van der Waals surface area contributed by atoms with E-state index in [9.17, 15) is 10.1 Å². The molecule has 2 N–H and O–H groups in total. The Morgan fingerprint density at radius 1 is 1.05 bits per heavy atom. The van der Waals surface area contributed by atoms with Gasteiger partial charge in [-0.1, -0.05) is 48.0 Å². The van der Waals surface area contributed by atoms with E-state index in [0.717, 1.165) is 5.56 Å². The number of amides is 1. The van der Waals surface area contributed by atoms with Gasteiger partial charge in [0.15, 0.2) is 0 Å². The maximum atomic E-state index is 13.0. The molecule has 0 aliphatic heterocycles. The van der Waals surface area contributed by atoms with Gasteiger partial charge in [-0.3, -0.25) is 14.7 Å². The molecule has 0 radical (unpaired) electrons. The van der Waals surface area contributed by atoms with Crippen LogP contribution in [0.15, 0.2) is 79.0 Å². The Kier molecular flexibility index (Phi) is 11.2. The number of carbonyl (C=O) groups is 1. The first-order chi connectivity index (χ1) is 21.2. The summed E-state index contributed by atoms with van der Waals surface area (Å²) in [6.07, 6.45) is 4.90. The first-order valence-electron chi connectivity index (χ1n) is 14.7. The maximum Gasteiger partial charge on any atom is 0.248 e. The van der Waals surface area contributed by atoms with Crippen LogP contribution in [0.4, 0.5) is 17.1 Å². The number of ether oxygens (including phenoxy) is 2. The molecule has 44 heavy (non-hydrogen) atoms. The molecule has 0 spiro atoms. The number of fused-ring (bicyclic) bond motifs is 1. The molecule has 4 rings (SSSR count). The van der Waals surface area contributed by atoms with E-state index < -0.39 is 0 Å². The predicted molar refractivity (Wildman–Crippen MR) is 178 cm³/mol. The molecule has 3 aromatic carbocycles. The number of nitriles is 1. The normalized spacial score (nSPS) is 11.4. The number of anilines is 3. The predicted octanol–water partition coefficient (Wildman–Crippen LogP) is 8.09. The van der Waals surface area contributed by atoms with Crippen LogP contribution in [0.2, 0.25) is 5.02 Å². The quantitative estimate of drug-likeness (QED) is 0.147. The zero-order chi connectivity index (χ0) is 31.6. The van der Waals surface area contributed by atoms with Gasteiger partial charge in [0.2, 0.25) is 5.91 Å². The number of benzene rings is 3. The Hall–Kier alpha value is -4.58. The number of rotatable bonds is 13. The van der Waals surface area contributed by atoms with Crippen LogP contribution < -0.4 is 20.1 Å². The van der Waals surface area contributed by atoms with Crippen molar-refractivity contribution in [2.24, 2.45) is 0 Å². The molecule has 0 fully saturated rings. The Labute approximate surface area is 264 Å². The van der Waals surface area contributed by atoms with Crippen LogP contribution in [0.5, 0.6) is 11.5 Å². The van der Waals surface area contributed by atoms with E-state index in [2.05, 4.69) is 54.3 Å². The summed E-state index contributed by atoms with van der Waals surface area (Å²) in [5.74, 6) is 0.749. The van der Waals surface area contributed by atoms with E-state index in [1.165, 1.54) is 12.3 Å². The van der Waals surface area contributed by atoms with Crippen molar-refractivity contribution in [1.82, 2.24) is 9.88 Å². The van der Waals surface area contributed by atoms with Gasteiger partial charge in [0.25, 0.3) is 0 Å². The number of halogens is 1. The molecule has 4 aromatic rings. The average Bonchev–Trinajstić information content (AvgIpc) is 2.99. The van der Waals surface area contributed by atoms with Gasteiger partial charge in [-0.05, 0) is 64.4 Å². The van der Waals surface area contributed by atoms with Gasteiger partial charge < -0.3 is 20.1 Å². The fourth-order valence-corrected chi connectivity index (χ4v) is 5.10. The molecule has 0 unspecified atom stereocenters. The van der Waals surface area contributed by atoms with E-state index in [4.69, 9.17) is 21.1 Å². The minimum Gasteiger partial charge on any atom is -0.492 e. The monoisotopic (exact) mass is 611 g/mol. The van der Waals surface area contributed by atoms with Crippen LogP contribution in [0.1, 0.15) is 45.7 Å². The SMILES string of the molecule is CCOc1cc2ncc(C#N)c(Nc3ccc(OCc4ccccc4)c(Cl)c3)c2cc1NC(=O)/C=C/CN(C(C)C)C(C)C. The van der Waals surface area contributed by atoms with Crippen molar-refractivity contribution < 1.29 is 14.3 Å². The van der Waals surface area contributed by atoms with Crippen molar-refractivity contribution in [2.45, 2.75) is 53.3 Å². The fourth-order valence-electron chi connectivity index (χ4n) is 4.86. The molecule has 0 bridgehead atoms. The molecule has 1 aromatic heterocycles. The van der Waals surface area contributed by atoms with Crippen molar-refractivity contribution in [3.63, 3.8) is 0 Å². The average molecular weight is 612 g/mol. The van der Waals surface area contributed by atoms with Gasteiger partial charge in [-0.25, -0.2) is 0 Å². The number of nitrogens with zero attached hydrogens (tertiary/aromatic N) is 3. The van der Waals surface area contributed by atoms with Crippen LogP contribution in [-0.4, -0.2) is 41.0 Å². The molecule has 1 amide bonds. The van der Waals surface area contributed by atoms with Crippen molar-refractivity contribution in [3.05, 3.63) is 95.2 Å². The molecular weight excluding hydrogens is 574 g/mol. The molecule has 0 atom stereocenters. The van der Waals surface area contributed by atoms with E-state index in [-0.39, 0.29) is 5.91 Å². The van der Waals surface area contributed by atoms with E-state index in [1.54, 1.807) is 24.3 Å². The fraction of sp³-hybridized carbons (Fsp3) is 0.286. The van der Waals surface area contributed by atoms with Gasteiger partial charge in [0.1, 0.15) is 24.2 Å². The third kappa shape index (κ3) is 8.28. The molecular formula is C35H38ClN5O3. The summed E-state index contributed by atoms with van der Waals surface area (Å²) in [6.45, 7) is 11.9. The minimum atomic E-state index is -0.283. The van der Waals surface area contributed by atoms with Crippen LogP contribution in [0.3, 0.4) is 0 Å². The molecule has 8 nitrogen and oxygen atoms in total. The molecule has 0 saturated heterocycles. The van der Waals surface area contributed by atoms with Crippen molar-refractivity contribution in [1.29, 1.82) is 5.26 Å². The first-order valence-corrected chi connectivity index (χ1v) is 15.0. The summed E-state index contributed by atoms with van der Waals surface area (Å²) in [4.78, 5) is 19.7. The van der Waals surface area contributed by atoms with Gasteiger partial charge in [-0.2, -0.15) is 5.26 Å². The highest BCUT2D eigenvalue weighted by atomic mass is 35.5. The Balaban J connectivity index is 1.61. The summed E-state index contributed by atoms with van der Waals surface area (Å²) in [6, 6.07) is 21.7. The lowest BCUT2D eigenvalue weighted by atomic mass is 10.1. The number of hydrogen-bond acceptors (Lipinski definition) is 7. The molecule has 1 heterocycles. The van der Waals surface area contributed by atoms with Gasteiger partial charge in [0.05, 0.1) is 34.1 Å². The smallest absolute Gasteiger partial charge is 0.248 e. The Morgan fingerprint density at radius 2 is 1.80 bits per heavy atom. The number of hydrogen-bond donors (Lipinski definition) is 2. The van der Waals surface area contributed by atoms with E-state index in [0.29, 0.717) is 81.9 Å². The number of nitrogens with one attached hydrogen (secondary N) is 2. The first kappa shape index (κ1) is 32.3. The van der Waals surface area contributed by atoms with Crippen molar-refractivity contribution >= 4 is 45.5 Å². The number of aromatic nitrogens is 1. The van der Waals surface area contributed by atoms with Crippen LogP contribution >= 0.6 is 11.6 Å². The van der Waals surface area contributed by atoms with Crippen LogP contribution in [-0.2, 0) is 11.4 Å². The summed E-state index contributed by atoms with van der Waals surface area (Å²) in [5.41, 5.74) is 3.63. The zero-order valence-electron chi connectivity index (χ0n) is 25.7. The van der Waals surface area contributed by atoms with Gasteiger partial charge in [-0.15, -0.1) is 0 Å². The van der Waals surface area contributed by atoms with Gasteiger partial charge in [0, 0.05) is 48.0 Å². The lowest BCUT2D eigenvalue weighted by molar-refractivity contribution is -0.111. The van der Waals surface area contributed by atoms with Crippen molar-refractivity contribution in [3.8, 4) is 17.6 Å². The largest absolute Gasteiger partial charge is 0.492 e. The third-order valence-corrected chi connectivity index (χ3v) is 7.29. The summed E-state index contributed by atoms with van der Waals surface area (Å²) < 4.78 is 11.8. The second-order valence-corrected chi connectivity index (χ2v) is 11.2. The highest BCUT2D eigenvalue weighted by Gasteiger charge is 2.16. The summed E-state index contributed by atoms with van der Waals surface area (Å²) >= 11 is 6.57. The molecule has 0 saturated carbocycles. The summed E-state index contributed by atoms with van der Waals surface area (Å²) in [7, 11) is 0. The standard InChI is InChI=1S/C35H38ClN5O3/c1-6-43-33-19-30-28(18-31(33)40-34(42)13-10-16-41(23(2)3)24(4)5)35(26(20-37)21-38-30)39-27-14-15-32(29(36)17-27)44-22-25-11-8-7-9-12-25/h7-15,17-19,21,23-24H,6,16,22H2,1-5H3,(H,38,39)(H,40,42)/b13-10+. The molecule has 228 valence electrons. The topological polar surface area (TPSA) is 99.5 Å². The third-order valence-electron chi connectivity index (χ3n) is 7.00. The Bertz CT molecular complexity index is 1660. The number of carbonyl (C=O) groups excluding carboxylic acids is 1. The maximum absolute atomic E-state index is 13.0. The van der Waals surface area contributed by atoms with Crippen LogP contribution in [0, 0.1) is 11.3 Å². The highest BCUT2D eigenvalue weighted by Crippen LogP contribution is 2.37. The molecule has 0 aliphatic carbocycles. The minimum absolute atomic E-state index is 0.283. The highest BCUT2D eigenvalue weighted by molar-refractivity contribution is 6.32. The van der Waals surface area contributed by atoms with E-state index in [1.807, 2.05) is 49.4 Å². The van der Waals surface area contributed by atoms with Gasteiger partial charge >= 0.3 is 0 Å². The number of pyridine rings is 1. The van der Waals surface area contributed by atoms with Crippen LogP contribution in [0.25, 0.3) is 10.9 Å². The van der Waals surface area contributed by atoms with Crippen molar-refractivity contribution in [2.75, 3.05) is 23.8 Å².